The van der Waals surface area contributed by atoms with Gasteiger partial charge in [-0.3, -0.25) is 4.79 Å². The topological polar surface area (TPSA) is 55.4 Å². The molecule has 2 aromatic carbocycles. The minimum atomic E-state index is -0.673. The Hall–Kier alpha value is -2.36. The molecule has 4 heteroatoms. The summed E-state index contributed by atoms with van der Waals surface area (Å²) < 4.78 is 5.53. The third-order valence-corrected chi connectivity index (χ3v) is 4.83. The number of carbonyl (C=O) groups excluding carboxylic acids is 2. The molecule has 1 saturated heterocycles. The van der Waals surface area contributed by atoms with Crippen molar-refractivity contribution >= 4 is 22.6 Å². The molecule has 2 aliphatic rings. The second kappa shape index (κ2) is 5.69. The molecule has 0 radical (unpaired) electrons. The molecule has 1 heterocycles. The van der Waals surface area contributed by atoms with Gasteiger partial charge in [0.25, 0.3) is 5.91 Å². The van der Waals surface area contributed by atoms with Crippen LogP contribution in [0.15, 0.2) is 30.3 Å². The summed E-state index contributed by atoms with van der Waals surface area (Å²) in [6, 6.07) is 9.93. The molecule has 4 rings (SSSR count). The Balaban J connectivity index is 1.67. The molecule has 23 heavy (non-hydrogen) atoms. The summed E-state index contributed by atoms with van der Waals surface area (Å²) in [7, 11) is 0. The van der Waals surface area contributed by atoms with E-state index < -0.39 is 12.1 Å². The van der Waals surface area contributed by atoms with E-state index in [1.807, 2.05) is 24.3 Å². The summed E-state index contributed by atoms with van der Waals surface area (Å²) in [4.78, 5) is 24.6. The van der Waals surface area contributed by atoms with Gasteiger partial charge in [0.15, 0.2) is 6.10 Å². The summed E-state index contributed by atoms with van der Waals surface area (Å²) in [6.45, 7) is 0.661. The van der Waals surface area contributed by atoms with E-state index in [4.69, 9.17) is 4.74 Å². The van der Waals surface area contributed by atoms with Gasteiger partial charge in [-0.2, -0.15) is 0 Å². The molecule has 0 aromatic heterocycles. The van der Waals surface area contributed by atoms with Crippen LogP contribution in [0.3, 0.4) is 0 Å². The molecule has 1 fully saturated rings. The minimum absolute atomic E-state index is 0.179. The van der Waals surface area contributed by atoms with Gasteiger partial charge in [-0.1, -0.05) is 24.3 Å². The number of rotatable bonds is 2. The largest absolute Gasteiger partial charge is 0.449 e. The maximum absolute atomic E-state index is 12.6. The fraction of sp³-hybridized carbons (Fsp3) is 0.368. The second-order valence-electron chi connectivity index (χ2n) is 6.29. The van der Waals surface area contributed by atoms with E-state index in [0.717, 1.165) is 31.1 Å². The number of hydrogen-bond donors (Lipinski definition) is 1. The molecule has 1 amide bonds. The summed E-state index contributed by atoms with van der Waals surface area (Å²) >= 11 is 0. The second-order valence-corrected chi connectivity index (χ2v) is 6.29. The summed E-state index contributed by atoms with van der Waals surface area (Å²) in [5.41, 5.74) is 3.14. The smallest absolute Gasteiger partial charge is 0.339 e. The van der Waals surface area contributed by atoms with Gasteiger partial charge in [0.05, 0.1) is 5.56 Å². The maximum Gasteiger partial charge on any atom is 0.339 e. The molecule has 1 aliphatic carbocycles. The third-order valence-electron chi connectivity index (χ3n) is 4.83. The van der Waals surface area contributed by atoms with Gasteiger partial charge < -0.3 is 10.1 Å². The fourth-order valence-electron chi connectivity index (χ4n) is 3.64. The van der Waals surface area contributed by atoms with Crippen LogP contribution in [0.4, 0.5) is 0 Å². The molecule has 1 atom stereocenters. The van der Waals surface area contributed by atoms with Crippen LogP contribution in [-0.4, -0.2) is 24.5 Å². The van der Waals surface area contributed by atoms with Crippen LogP contribution in [0.1, 0.15) is 40.7 Å². The average Bonchev–Trinajstić information content (AvgIpc) is 2.88. The van der Waals surface area contributed by atoms with Crippen LogP contribution in [0.2, 0.25) is 0 Å². The molecule has 0 spiro atoms. The van der Waals surface area contributed by atoms with E-state index in [1.54, 1.807) is 0 Å². The molecule has 0 bridgehead atoms. The highest BCUT2D eigenvalue weighted by Crippen LogP contribution is 2.33. The molecular formula is C19H19NO3. The molecule has 1 unspecified atom stereocenters. The predicted octanol–water partition coefficient (Wildman–Crippen LogP) is 2.76. The summed E-state index contributed by atoms with van der Waals surface area (Å²) in [5.74, 6) is -0.579. The number of benzene rings is 2. The Morgan fingerprint density at radius 3 is 2.78 bits per heavy atom. The first-order valence-corrected chi connectivity index (χ1v) is 8.26. The molecular weight excluding hydrogens is 290 g/mol. The van der Waals surface area contributed by atoms with Crippen LogP contribution in [-0.2, 0) is 22.4 Å². The molecule has 1 N–H and O–H groups in total. The van der Waals surface area contributed by atoms with Gasteiger partial charge >= 0.3 is 5.97 Å². The first kappa shape index (κ1) is 14.2. The lowest BCUT2D eigenvalue weighted by Gasteiger charge is -2.15. The van der Waals surface area contributed by atoms with Crippen molar-refractivity contribution in [2.45, 2.75) is 38.2 Å². The number of ether oxygens (including phenoxy) is 1. The Kier molecular flexibility index (Phi) is 3.52. The monoisotopic (exact) mass is 309 g/mol. The quantitative estimate of drug-likeness (QED) is 0.868. The Labute approximate surface area is 134 Å². The molecule has 0 saturated carbocycles. The molecule has 2 aromatic rings. The highest BCUT2D eigenvalue weighted by atomic mass is 16.5. The highest BCUT2D eigenvalue weighted by molar-refractivity contribution is 6.07. The van der Waals surface area contributed by atoms with Crippen molar-refractivity contribution < 1.29 is 14.3 Å². The van der Waals surface area contributed by atoms with Crippen LogP contribution < -0.4 is 5.32 Å². The van der Waals surface area contributed by atoms with Gasteiger partial charge in [0.2, 0.25) is 0 Å². The van der Waals surface area contributed by atoms with E-state index in [-0.39, 0.29) is 5.91 Å². The highest BCUT2D eigenvalue weighted by Gasteiger charge is 2.26. The van der Waals surface area contributed by atoms with Crippen molar-refractivity contribution in [3.63, 3.8) is 0 Å². The van der Waals surface area contributed by atoms with Crippen molar-refractivity contribution in [3.05, 3.63) is 47.0 Å². The SMILES string of the molecule is O=C(OC1CCCCNC1=O)c1ccc2c3c(cccc13)CC2. The number of aryl methyl sites for hydroxylation is 2. The van der Waals surface area contributed by atoms with Crippen molar-refractivity contribution in [3.8, 4) is 0 Å². The Bertz CT molecular complexity index is 786. The third kappa shape index (κ3) is 2.48. The lowest BCUT2D eigenvalue weighted by molar-refractivity contribution is -0.129. The van der Waals surface area contributed by atoms with Gasteiger partial charge in [-0.15, -0.1) is 0 Å². The van der Waals surface area contributed by atoms with Crippen molar-refractivity contribution in [2.75, 3.05) is 6.54 Å². The van der Waals surface area contributed by atoms with Gasteiger partial charge in [0, 0.05) is 6.54 Å². The van der Waals surface area contributed by atoms with E-state index in [0.29, 0.717) is 18.5 Å². The summed E-state index contributed by atoms with van der Waals surface area (Å²) in [5, 5.41) is 4.93. The first-order chi connectivity index (χ1) is 11.2. The Morgan fingerprint density at radius 1 is 1.09 bits per heavy atom. The van der Waals surface area contributed by atoms with Crippen LogP contribution in [0, 0.1) is 0 Å². The van der Waals surface area contributed by atoms with Crippen molar-refractivity contribution in [1.82, 2.24) is 5.32 Å². The molecule has 1 aliphatic heterocycles. The number of esters is 1. The van der Waals surface area contributed by atoms with Crippen LogP contribution in [0.5, 0.6) is 0 Å². The number of carbonyl (C=O) groups is 2. The van der Waals surface area contributed by atoms with Crippen molar-refractivity contribution in [2.24, 2.45) is 0 Å². The van der Waals surface area contributed by atoms with Gasteiger partial charge in [-0.25, -0.2) is 4.79 Å². The predicted molar refractivity (Wildman–Crippen MR) is 87.4 cm³/mol. The standard InChI is InChI=1S/C19H19NO3/c21-18-16(6-1-2-11-20-18)23-19(22)15-10-9-13-8-7-12-4-3-5-14(15)17(12)13/h3-5,9-10,16H,1-2,6-8,11H2,(H,20,21). The number of hydrogen-bond acceptors (Lipinski definition) is 3. The number of nitrogens with one attached hydrogen (secondary N) is 1. The zero-order valence-corrected chi connectivity index (χ0v) is 12.9. The zero-order valence-electron chi connectivity index (χ0n) is 12.9. The molecule has 4 nitrogen and oxygen atoms in total. The lowest BCUT2D eigenvalue weighted by atomic mass is 10.00. The first-order valence-electron chi connectivity index (χ1n) is 8.26. The molecule has 118 valence electrons. The zero-order chi connectivity index (χ0) is 15.8. The van der Waals surface area contributed by atoms with Gasteiger partial charge in [-0.05, 0) is 60.1 Å². The number of amides is 1. The van der Waals surface area contributed by atoms with E-state index >= 15 is 0 Å². The Morgan fingerprint density at radius 2 is 1.91 bits per heavy atom. The van der Waals surface area contributed by atoms with E-state index in [9.17, 15) is 9.59 Å². The van der Waals surface area contributed by atoms with Crippen LogP contribution in [0.25, 0.3) is 10.8 Å². The normalized spacial score (nSPS) is 20.2. The average molecular weight is 309 g/mol. The maximum atomic E-state index is 12.6. The van der Waals surface area contributed by atoms with Crippen LogP contribution >= 0.6 is 0 Å². The van der Waals surface area contributed by atoms with Gasteiger partial charge in [0.1, 0.15) is 0 Å². The fourth-order valence-corrected chi connectivity index (χ4v) is 3.64. The summed E-state index contributed by atoms with van der Waals surface area (Å²) in [6.07, 6.45) is 3.79. The lowest BCUT2D eigenvalue weighted by Crippen LogP contribution is -2.36. The van der Waals surface area contributed by atoms with E-state index in [2.05, 4.69) is 11.4 Å². The van der Waals surface area contributed by atoms with E-state index in [1.165, 1.54) is 16.5 Å². The minimum Gasteiger partial charge on any atom is -0.449 e. The van der Waals surface area contributed by atoms with Crippen molar-refractivity contribution in [1.29, 1.82) is 0 Å².